The van der Waals surface area contributed by atoms with E-state index in [1.54, 1.807) is 19.0 Å². The van der Waals surface area contributed by atoms with Gasteiger partial charge in [-0.1, -0.05) is 36.4 Å². The van der Waals surface area contributed by atoms with Gasteiger partial charge in [-0.25, -0.2) is 0 Å². The molecule has 136 valence electrons. The summed E-state index contributed by atoms with van der Waals surface area (Å²) in [7, 11) is 3.46. The molecular formula is C20H23N3O2S. The Bertz CT molecular complexity index is 801. The predicted octanol–water partition coefficient (Wildman–Crippen LogP) is 2.68. The van der Waals surface area contributed by atoms with Crippen LogP contribution in [0.3, 0.4) is 0 Å². The van der Waals surface area contributed by atoms with Crippen LogP contribution in [0, 0.1) is 6.92 Å². The Balaban J connectivity index is 1.86. The summed E-state index contributed by atoms with van der Waals surface area (Å²) in [5.41, 5.74) is 3.73. The molecule has 0 aromatic heterocycles. The topological polar surface area (TPSA) is 61.4 Å². The van der Waals surface area contributed by atoms with E-state index in [4.69, 9.17) is 12.2 Å². The summed E-state index contributed by atoms with van der Waals surface area (Å²) in [6.07, 6.45) is 0.630. The highest BCUT2D eigenvalue weighted by Crippen LogP contribution is 2.11. The van der Waals surface area contributed by atoms with Crippen LogP contribution in [0.2, 0.25) is 0 Å². The number of amides is 2. The van der Waals surface area contributed by atoms with E-state index in [2.05, 4.69) is 10.6 Å². The van der Waals surface area contributed by atoms with E-state index in [0.717, 1.165) is 22.4 Å². The van der Waals surface area contributed by atoms with Crippen LogP contribution in [-0.4, -0.2) is 35.9 Å². The van der Waals surface area contributed by atoms with Crippen molar-refractivity contribution in [1.29, 1.82) is 0 Å². The van der Waals surface area contributed by atoms with Crippen molar-refractivity contribution in [1.82, 2.24) is 10.2 Å². The number of anilines is 1. The van der Waals surface area contributed by atoms with E-state index in [-0.39, 0.29) is 23.3 Å². The van der Waals surface area contributed by atoms with Crippen LogP contribution in [0.1, 0.15) is 16.7 Å². The van der Waals surface area contributed by atoms with Crippen LogP contribution >= 0.6 is 12.2 Å². The molecule has 2 aromatic rings. The second kappa shape index (κ2) is 9.10. The minimum Gasteiger partial charge on any atom is -0.349 e. The summed E-state index contributed by atoms with van der Waals surface area (Å²) in [6, 6.07) is 15.1. The minimum absolute atomic E-state index is 0.0460. The third-order valence-electron chi connectivity index (χ3n) is 3.93. The van der Waals surface area contributed by atoms with Gasteiger partial charge in [-0.2, -0.15) is 0 Å². The average molecular weight is 369 g/mol. The predicted molar refractivity (Wildman–Crippen MR) is 108 cm³/mol. The molecule has 2 aromatic carbocycles. The van der Waals surface area contributed by atoms with Crippen molar-refractivity contribution >= 4 is 34.8 Å². The molecule has 0 unspecified atom stereocenters. The number of nitrogens with one attached hydrogen (secondary N) is 2. The van der Waals surface area contributed by atoms with Gasteiger partial charge in [0.25, 0.3) is 0 Å². The molecule has 5 nitrogen and oxygen atoms in total. The summed E-state index contributed by atoms with van der Waals surface area (Å²) in [6.45, 7) is 1.97. The van der Waals surface area contributed by atoms with Crippen LogP contribution in [-0.2, 0) is 22.4 Å². The first kappa shape index (κ1) is 19.6. The van der Waals surface area contributed by atoms with Crippen molar-refractivity contribution in [3.63, 3.8) is 0 Å². The van der Waals surface area contributed by atoms with Gasteiger partial charge in [0.05, 0.1) is 12.8 Å². The van der Waals surface area contributed by atoms with Gasteiger partial charge < -0.3 is 15.5 Å². The Morgan fingerprint density at radius 1 is 1.00 bits per heavy atom. The van der Waals surface area contributed by atoms with Crippen LogP contribution in [0.4, 0.5) is 5.69 Å². The van der Waals surface area contributed by atoms with Crippen LogP contribution in [0.25, 0.3) is 0 Å². The maximum absolute atomic E-state index is 12.1. The average Bonchev–Trinajstić information content (AvgIpc) is 2.58. The molecule has 2 amide bonds. The number of carbonyl (C=O) groups excluding carboxylic acids is 2. The number of likely N-dealkylation sites (N-methyl/N-ethyl adjacent to an activating group) is 1. The van der Waals surface area contributed by atoms with E-state index < -0.39 is 0 Å². The zero-order valence-corrected chi connectivity index (χ0v) is 16.0. The highest BCUT2D eigenvalue weighted by atomic mass is 32.1. The molecule has 2 rings (SSSR count). The van der Waals surface area contributed by atoms with Gasteiger partial charge >= 0.3 is 0 Å². The first-order valence-electron chi connectivity index (χ1n) is 8.29. The molecule has 2 N–H and O–H groups in total. The Morgan fingerprint density at radius 3 is 2.27 bits per heavy atom. The number of thiocarbonyl (C=S) groups is 1. The molecule has 0 fully saturated rings. The molecule has 0 saturated heterocycles. The molecule has 0 atom stereocenters. The lowest BCUT2D eigenvalue weighted by atomic mass is 10.1. The second-order valence-electron chi connectivity index (χ2n) is 6.27. The zero-order chi connectivity index (χ0) is 19.1. The van der Waals surface area contributed by atoms with Crippen molar-refractivity contribution in [2.45, 2.75) is 19.8 Å². The first-order valence-corrected chi connectivity index (χ1v) is 8.70. The highest BCUT2D eigenvalue weighted by molar-refractivity contribution is 7.80. The molecule has 0 aliphatic carbocycles. The maximum Gasteiger partial charge on any atom is 0.230 e. The smallest absolute Gasteiger partial charge is 0.230 e. The summed E-state index contributed by atoms with van der Waals surface area (Å²) in [5, 5.41) is 5.92. The van der Waals surface area contributed by atoms with Gasteiger partial charge in [-0.05, 0) is 48.0 Å². The summed E-state index contributed by atoms with van der Waals surface area (Å²) in [5.74, 6) is -0.116. The molecule has 0 radical (unpaired) electrons. The summed E-state index contributed by atoms with van der Waals surface area (Å²) in [4.78, 5) is 25.4. The summed E-state index contributed by atoms with van der Waals surface area (Å²) < 4.78 is 0. The van der Waals surface area contributed by atoms with Crippen LogP contribution in [0.5, 0.6) is 0 Å². The minimum atomic E-state index is -0.162. The van der Waals surface area contributed by atoms with Crippen LogP contribution in [0.15, 0.2) is 48.5 Å². The number of aryl methyl sites for hydroxylation is 1. The van der Waals surface area contributed by atoms with E-state index in [1.165, 1.54) is 0 Å². The molecule has 0 aliphatic heterocycles. The molecule has 26 heavy (non-hydrogen) atoms. The number of rotatable bonds is 5. The standard InChI is InChI=1S/C20H23N3O2S/c1-14-6-4-5-7-16(14)13-18(24)22-20(26)21-17-10-8-15(9-11-17)12-19(25)23(2)3/h4-11H,12-13H2,1-3H3,(H2,21,22,24,26). The maximum atomic E-state index is 12.1. The van der Waals surface area contributed by atoms with E-state index >= 15 is 0 Å². The number of hydrogen-bond acceptors (Lipinski definition) is 3. The Hall–Kier alpha value is -2.73. The van der Waals surface area contributed by atoms with Gasteiger partial charge in [-0.3, -0.25) is 9.59 Å². The SMILES string of the molecule is Cc1ccccc1CC(=O)NC(=S)Nc1ccc(CC(=O)N(C)C)cc1. The van der Waals surface area contributed by atoms with Crippen molar-refractivity contribution in [2.24, 2.45) is 0 Å². The third kappa shape index (κ3) is 5.97. The lowest BCUT2D eigenvalue weighted by Gasteiger charge is -2.12. The summed E-state index contributed by atoms with van der Waals surface area (Å²) >= 11 is 5.19. The van der Waals surface area contributed by atoms with E-state index in [9.17, 15) is 9.59 Å². The van der Waals surface area contributed by atoms with Crippen LogP contribution < -0.4 is 10.6 Å². The van der Waals surface area contributed by atoms with Crippen molar-refractivity contribution in [3.8, 4) is 0 Å². The van der Waals surface area contributed by atoms with Gasteiger partial charge in [0.15, 0.2) is 5.11 Å². The molecule has 0 aliphatic rings. The number of hydrogen-bond donors (Lipinski definition) is 2. The normalized spacial score (nSPS) is 10.1. The van der Waals surface area contributed by atoms with E-state index in [0.29, 0.717) is 6.42 Å². The van der Waals surface area contributed by atoms with Gasteiger partial charge in [-0.15, -0.1) is 0 Å². The lowest BCUT2D eigenvalue weighted by Crippen LogP contribution is -2.35. The molecule has 0 saturated carbocycles. The molecule has 6 heteroatoms. The molecular weight excluding hydrogens is 346 g/mol. The monoisotopic (exact) mass is 369 g/mol. The lowest BCUT2D eigenvalue weighted by molar-refractivity contribution is -0.128. The van der Waals surface area contributed by atoms with Crippen molar-refractivity contribution < 1.29 is 9.59 Å². The van der Waals surface area contributed by atoms with E-state index in [1.807, 2.05) is 55.5 Å². The largest absolute Gasteiger partial charge is 0.349 e. The van der Waals surface area contributed by atoms with Gasteiger partial charge in [0.2, 0.25) is 11.8 Å². The fraction of sp³-hybridized carbons (Fsp3) is 0.250. The Kier molecular flexibility index (Phi) is 6.86. The quantitative estimate of drug-likeness (QED) is 0.796. The van der Waals surface area contributed by atoms with Gasteiger partial charge in [0, 0.05) is 19.8 Å². The second-order valence-corrected chi connectivity index (χ2v) is 6.68. The first-order chi connectivity index (χ1) is 12.3. The fourth-order valence-corrected chi connectivity index (χ4v) is 2.58. The van der Waals surface area contributed by atoms with Gasteiger partial charge in [0.1, 0.15) is 0 Å². The Morgan fingerprint density at radius 2 is 1.65 bits per heavy atom. The molecule has 0 heterocycles. The fourth-order valence-electron chi connectivity index (χ4n) is 2.35. The molecule has 0 bridgehead atoms. The number of carbonyl (C=O) groups is 2. The van der Waals surface area contributed by atoms with Crippen molar-refractivity contribution in [2.75, 3.05) is 19.4 Å². The third-order valence-corrected chi connectivity index (χ3v) is 4.14. The zero-order valence-electron chi connectivity index (χ0n) is 15.2. The van der Waals surface area contributed by atoms with Crippen molar-refractivity contribution in [3.05, 3.63) is 65.2 Å². The number of benzene rings is 2. The molecule has 0 spiro atoms. The highest BCUT2D eigenvalue weighted by Gasteiger charge is 2.09. The number of nitrogens with zero attached hydrogens (tertiary/aromatic N) is 1. The Labute approximate surface area is 159 Å².